The summed E-state index contributed by atoms with van der Waals surface area (Å²) in [5, 5.41) is 11.0. The molecule has 0 radical (unpaired) electrons. The first-order valence-electron chi connectivity index (χ1n) is 9.32. The highest BCUT2D eigenvalue weighted by molar-refractivity contribution is 7.92. The fourth-order valence-corrected chi connectivity index (χ4v) is 4.45. The summed E-state index contributed by atoms with van der Waals surface area (Å²) >= 11 is 0. The van der Waals surface area contributed by atoms with Crippen LogP contribution in [0.4, 0.5) is 11.4 Å². The van der Waals surface area contributed by atoms with Gasteiger partial charge in [-0.05, 0) is 30.0 Å². The van der Waals surface area contributed by atoms with Gasteiger partial charge in [0, 0.05) is 38.2 Å². The monoisotopic (exact) mass is 417 g/mol. The van der Waals surface area contributed by atoms with Crippen molar-refractivity contribution in [1.82, 2.24) is 4.90 Å². The summed E-state index contributed by atoms with van der Waals surface area (Å²) in [5.41, 5.74) is 2.44. The van der Waals surface area contributed by atoms with E-state index in [0.29, 0.717) is 19.5 Å². The Kier molecular flexibility index (Phi) is 6.17. The molecule has 1 aliphatic heterocycles. The van der Waals surface area contributed by atoms with Crippen LogP contribution < -0.4 is 4.31 Å². The summed E-state index contributed by atoms with van der Waals surface area (Å²) in [6.07, 6.45) is 2.40. The molecule has 0 fully saturated rings. The number of amides is 1. The number of nitro groups is 1. The molecule has 1 aliphatic rings. The van der Waals surface area contributed by atoms with Gasteiger partial charge in [0.05, 0.1) is 16.9 Å². The Morgan fingerprint density at radius 1 is 1.17 bits per heavy atom. The zero-order valence-electron chi connectivity index (χ0n) is 16.2. The lowest BCUT2D eigenvalue weighted by atomic mass is 9.99. The number of nitrogens with zero attached hydrogens (tertiary/aromatic N) is 3. The lowest BCUT2D eigenvalue weighted by Crippen LogP contribution is -2.37. The van der Waals surface area contributed by atoms with Crippen molar-refractivity contribution in [2.45, 2.75) is 25.8 Å². The topological polar surface area (TPSA) is 101 Å². The average molecular weight is 417 g/mol. The fraction of sp³-hybridized carbons (Fsp3) is 0.350. The maximum atomic E-state index is 12.6. The van der Waals surface area contributed by atoms with Crippen molar-refractivity contribution < 1.29 is 18.1 Å². The Balaban J connectivity index is 1.63. The molecule has 1 heterocycles. The Bertz CT molecular complexity index is 1020. The first kappa shape index (κ1) is 20.8. The van der Waals surface area contributed by atoms with Crippen LogP contribution in [-0.4, -0.2) is 43.5 Å². The maximum absolute atomic E-state index is 12.6. The number of nitro benzene ring substituents is 1. The molecular weight excluding hydrogens is 394 g/mol. The Labute approximate surface area is 169 Å². The van der Waals surface area contributed by atoms with Crippen molar-refractivity contribution in [3.63, 3.8) is 0 Å². The summed E-state index contributed by atoms with van der Waals surface area (Å²) in [6.45, 7) is 1.29. The lowest BCUT2D eigenvalue weighted by Gasteiger charge is -2.29. The third-order valence-electron chi connectivity index (χ3n) is 4.96. The second-order valence-electron chi connectivity index (χ2n) is 7.05. The van der Waals surface area contributed by atoms with Crippen LogP contribution in [0.2, 0.25) is 0 Å². The van der Waals surface area contributed by atoms with Gasteiger partial charge in [-0.15, -0.1) is 0 Å². The van der Waals surface area contributed by atoms with Crippen molar-refractivity contribution in [1.29, 1.82) is 0 Å². The highest BCUT2D eigenvalue weighted by Crippen LogP contribution is 2.24. The standard InChI is InChI=1S/C20H23N3O5S/c1-29(27,28)22(18-8-4-9-19(14-18)23(25)26)12-5-10-20(24)21-13-11-16-6-2-3-7-17(16)15-21/h2-4,6-9,14H,5,10-13,15H2,1H3. The van der Waals surface area contributed by atoms with Gasteiger partial charge in [0.25, 0.3) is 5.69 Å². The number of sulfonamides is 1. The van der Waals surface area contributed by atoms with Gasteiger partial charge in [-0.2, -0.15) is 0 Å². The van der Waals surface area contributed by atoms with E-state index in [2.05, 4.69) is 6.07 Å². The largest absolute Gasteiger partial charge is 0.338 e. The number of anilines is 1. The molecule has 0 bridgehead atoms. The first-order chi connectivity index (χ1) is 13.8. The summed E-state index contributed by atoms with van der Waals surface area (Å²) in [6, 6.07) is 13.5. The molecule has 0 saturated carbocycles. The van der Waals surface area contributed by atoms with Crippen molar-refractivity contribution in [3.8, 4) is 0 Å². The molecule has 2 aromatic carbocycles. The van der Waals surface area contributed by atoms with E-state index in [1.54, 1.807) is 4.90 Å². The van der Waals surface area contributed by atoms with E-state index in [1.165, 1.54) is 29.8 Å². The number of hydrogen-bond donors (Lipinski definition) is 0. The number of carbonyl (C=O) groups is 1. The first-order valence-corrected chi connectivity index (χ1v) is 11.2. The van der Waals surface area contributed by atoms with Crippen LogP contribution in [0.5, 0.6) is 0 Å². The molecular formula is C20H23N3O5S. The molecule has 2 aromatic rings. The summed E-state index contributed by atoms with van der Waals surface area (Å²) in [4.78, 5) is 24.8. The molecule has 0 aromatic heterocycles. The highest BCUT2D eigenvalue weighted by Gasteiger charge is 2.22. The predicted molar refractivity (Wildman–Crippen MR) is 110 cm³/mol. The van der Waals surface area contributed by atoms with E-state index in [4.69, 9.17) is 0 Å². The Hall–Kier alpha value is -2.94. The van der Waals surface area contributed by atoms with E-state index in [0.717, 1.165) is 22.5 Å². The van der Waals surface area contributed by atoms with Gasteiger partial charge in [0.15, 0.2) is 0 Å². The average Bonchev–Trinajstić information content (AvgIpc) is 2.69. The van der Waals surface area contributed by atoms with Crippen LogP contribution >= 0.6 is 0 Å². The molecule has 0 unspecified atom stereocenters. The van der Waals surface area contributed by atoms with Crippen molar-refractivity contribution in [3.05, 3.63) is 69.8 Å². The molecule has 1 amide bonds. The van der Waals surface area contributed by atoms with Gasteiger partial charge >= 0.3 is 0 Å². The van der Waals surface area contributed by atoms with E-state index >= 15 is 0 Å². The van der Waals surface area contributed by atoms with Crippen LogP contribution in [0.15, 0.2) is 48.5 Å². The number of rotatable bonds is 7. The molecule has 0 N–H and O–H groups in total. The molecule has 3 rings (SSSR count). The fourth-order valence-electron chi connectivity index (χ4n) is 3.49. The van der Waals surface area contributed by atoms with Crippen molar-refractivity contribution in [2.24, 2.45) is 0 Å². The minimum absolute atomic E-state index is 0.0213. The molecule has 8 nitrogen and oxygen atoms in total. The molecule has 154 valence electrons. The Morgan fingerprint density at radius 3 is 2.59 bits per heavy atom. The minimum atomic E-state index is -3.64. The number of fused-ring (bicyclic) bond motifs is 1. The van der Waals surface area contributed by atoms with Crippen LogP contribution in [0, 0.1) is 10.1 Å². The van der Waals surface area contributed by atoms with Crippen molar-refractivity contribution in [2.75, 3.05) is 23.7 Å². The van der Waals surface area contributed by atoms with E-state index < -0.39 is 14.9 Å². The van der Waals surface area contributed by atoms with Gasteiger partial charge < -0.3 is 4.90 Å². The normalized spacial score (nSPS) is 13.6. The van der Waals surface area contributed by atoms with E-state index in [-0.39, 0.29) is 30.2 Å². The zero-order valence-corrected chi connectivity index (χ0v) is 17.0. The van der Waals surface area contributed by atoms with Gasteiger partial charge in [-0.25, -0.2) is 8.42 Å². The molecule has 9 heteroatoms. The third kappa shape index (κ3) is 5.11. The Morgan fingerprint density at radius 2 is 1.90 bits per heavy atom. The SMILES string of the molecule is CS(=O)(=O)N(CCCC(=O)N1CCc2ccccc2C1)c1cccc([N+](=O)[O-])c1. The lowest BCUT2D eigenvalue weighted by molar-refractivity contribution is -0.384. The third-order valence-corrected chi connectivity index (χ3v) is 6.16. The smallest absolute Gasteiger partial charge is 0.271 e. The number of hydrogen-bond acceptors (Lipinski definition) is 5. The van der Waals surface area contributed by atoms with E-state index in [1.807, 2.05) is 18.2 Å². The number of benzene rings is 2. The predicted octanol–water partition coefficient (Wildman–Crippen LogP) is 2.73. The van der Waals surface area contributed by atoms with Crippen LogP contribution in [0.3, 0.4) is 0 Å². The highest BCUT2D eigenvalue weighted by atomic mass is 32.2. The molecule has 0 aliphatic carbocycles. The summed E-state index contributed by atoms with van der Waals surface area (Å²) < 4.78 is 25.5. The number of carbonyl (C=O) groups excluding carboxylic acids is 1. The van der Waals surface area contributed by atoms with Crippen LogP contribution in [0.25, 0.3) is 0 Å². The van der Waals surface area contributed by atoms with Gasteiger partial charge in [0.2, 0.25) is 15.9 Å². The maximum Gasteiger partial charge on any atom is 0.271 e. The minimum Gasteiger partial charge on any atom is -0.338 e. The van der Waals surface area contributed by atoms with Gasteiger partial charge in [-0.1, -0.05) is 30.3 Å². The molecule has 0 saturated heterocycles. The number of non-ortho nitro benzene ring substituents is 1. The second kappa shape index (κ2) is 8.60. The van der Waals surface area contributed by atoms with Crippen LogP contribution in [0.1, 0.15) is 24.0 Å². The molecule has 0 atom stereocenters. The van der Waals surface area contributed by atoms with Gasteiger partial charge in [-0.3, -0.25) is 19.2 Å². The van der Waals surface area contributed by atoms with E-state index in [9.17, 15) is 23.3 Å². The summed E-state index contributed by atoms with van der Waals surface area (Å²) in [5.74, 6) is -0.0213. The van der Waals surface area contributed by atoms with Crippen molar-refractivity contribution >= 4 is 27.3 Å². The zero-order chi connectivity index (χ0) is 21.0. The summed E-state index contributed by atoms with van der Waals surface area (Å²) in [7, 11) is -3.64. The molecule has 0 spiro atoms. The van der Waals surface area contributed by atoms with Crippen LogP contribution in [-0.2, 0) is 27.8 Å². The second-order valence-corrected chi connectivity index (χ2v) is 8.96. The van der Waals surface area contributed by atoms with Gasteiger partial charge in [0.1, 0.15) is 0 Å². The quantitative estimate of drug-likeness (QED) is 0.509. The molecule has 29 heavy (non-hydrogen) atoms.